The minimum Gasteiger partial charge on any atom is -0.444 e. The second kappa shape index (κ2) is 12.8. The lowest BCUT2D eigenvalue weighted by molar-refractivity contribution is 0.0504. The first-order valence-corrected chi connectivity index (χ1v) is 10.8. The van der Waals surface area contributed by atoms with Crippen molar-refractivity contribution < 1.29 is 14.6 Å². The van der Waals surface area contributed by atoms with Gasteiger partial charge in [0.2, 0.25) is 0 Å². The van der Waals surface area contributed by atoms with Crippen LogP contribution < -0.4 is 16.0 Å². The summed E-state index contributed by atoms with van der Waals surface area (Å²) in [4.78, 5) is 16.9. The van der Waals surface area contributed by atoms with Gasteiger partial charge in [-0.3, -0.25) is 4.68 Å². The van der Waals surface area contributed by atoms with Crippen LogP contribution in [-0.2, 0) is 17.4 Å². The summed E-state index contributed by atoms with van der Waals surface area (Å²) in [5.74, 6) is 0.531. The summed E-state index contributed by atoms with van der Waals surface area (Å²) in [6.45, 7) is 10.3. The van der Waals surface area contributed by atoms with Gasteiger partial charge in [-0.25, -0.2) is 9.79 Å². The number of carbonyl (C=O) groups excluding carboxylic acids is 1. The molecule has 0 aliphatic rings. The normalized spacial score (nSPS) is 14.5. The van der Waals surface area contributed by atoms with Crippen LogP contribution in [0.25, 0.3) is 0 Å². The molecule has 9 nitrogen and oxygen atoms in total. The number of aromatic nitrogens is 2. The zero-order valence-electron chi connectivity index (χ0n) is 20.3. The van der Waals surface area contributed by atoms with Crippen molar-refractivity contribution in [2.75, 3.05) is 19.6 Å². The van der Waals surface area contributed by atoms with E-state index in [4.69, 9.17) is 4.74 Å². The van der Waals surface area contributed by atoms with E-state index in [-0.39, 0.29) is 36.6 Å². The average molecular weight is 572 g/mol. The number of halogens is 1. The highest BCUT2D eigenvalue weighted by atomic mass is 127. The van der Waals surface area contributed by atoms with Gasteiger partial charge >= 0.3 is 6.09 Å². The highest BCUT2D eigenvalue weighted by molar-refractivity contribution is 14.0. The Morgan fingerprint density at radius 3 is 2.42 bits per heavy atom. The Balaban J connectivity index is 0.00000544. The number of nitrogens with zero attached hydrogens (tertiary/aromatic N) is 3. The molecule has 0 saturated heterocycles. The predicted molar refractivity (Wildman–Crippen MR) is 141 cm³/mol. The number of ether oxygens (including phenoxy) is 1. The van der Waals surface area contributed by atoms with E-state index in [0.717, 1.165) is 5.56 Å². The molecular weight excluding hydrogens is 535 g/mol. The van der Waals surface area contributed by atoms with Gasteiger partial charge in [0.15, 0.2) is 5.96 Å². The zero-order valence-corrected chi connectivity index (χ0v) is 22.6. The molecule has 1 amide bonds. The van der Waals surface area contributed by atoms with E-state index in [9.17, 15) is 9.90 Å². The second-order valence-corrected chi connectivity index (χ2v) is 8.86. The van der Waals surface area contributed by atoms with Crippen LogP contribution in [0, 0.1) is 0 Å². The largest absolute Gasteiger partial charge is 0.444 e. The van der Waals surface area contributed by atoms with Crippen LogP contribution in [0.3, 0.4) is 0 Å². The Morgan fingerprint density at radius 2 is 1.88 bits per heavy atom. The SMILES string of the molecule is CCNC(=NCC(C)(O)c1cnn(C)c1)NCC(NC(=O)OC(C)(C)C)c1ccccc1.I. The van der Waals surface area contributed by atoms with Crippen molar-refractivity contribution in [3.63, 3.8) is 0 Å². The van der Waals surface area contributed by atoms with Crippen LogP contribution in [0.2, 0.25) is 0 Å². The molecular formula is C23H37IN6O3. The molecule has 0 radical (unpaired) electrons. The van der Waals surface area contributed by atoms with Crippen LogP contribution in [0.5, 0.6) is 0 Å². The van der Waals surface area contributed by atoms with Gasteiger partial charge in [-0.05, 0) is 40.2 Å². The van der Waals surface area contributed by atoms with Crippen LogP contribution in [0.1, 0.15) is 51.8 Å². The van der Waals surface area contributed by atoms with Crippen molar-refractivity contribution in [3.8, 4) is 0 Å². The maximum absolute atomic E-state index is 12.4. The number of aliphatic hydroxyl groups is 1. The van der Waals surface area contributed by atoms with Gasteiger partial charge in [-0.1, -0.05) is 30.3 Å². The fourth-order valence-corrected chi connectivity index (χ4v) is 2.95. The average Bonchev–Trinajstić information content (AvgIpc) is 3.15. The molecule has 0 saturated carbocycles. The number of aliphatic imine (C=N–C) groups is 1. The first-order valence-electron chi connectivity index (χ1n) is 10.8. The van der Waals surface area contributed by atoms with Crippen molar-refractivity contribution >= 4 is 36.0 Å². The molecule has 0 spiro atoms. The van der Waals surface area contributed by atoms with Gasteiger partial charge in [0.1, 0.15) is 11.2 Å². The molecule has 10 heteroatoms. The van der Waals surface area contributed by atoms with Crippen LogP contribution in [0.15, 0.2) is 47.7 Å². The lowest BCUT2D eigenvalue weighted by atomic mass is 10.0. The Hall–Kier alpha value is -2.34. The third kappa shape index (κ3) is 9.99. The topological polar surface area (TPSA) is 113 Å². The lowest BCUT2D eigenvalue weighted by Gasteiger charge is -2.25. The fourth-order valence-electron chi connectivity index (χ4n) is 2.95. The van der Waals surface area contributed by atoms with Gasteiger partial charge in [-0.2, -0.15) is 5.10 Å². The molecule has 0 bridgehead atoms. The van der Waals surface area contributed by atoms with Crippen molar-refractivity contribution in [3.05, 3.63) is 53.9 Å². The van der Waals surface area contributed by atoms with E-state index in [1.165, 1.54) is 0 Å². The molecule has 2 aromatic rings. The Kier molecular flexibility index (Phi) is 11.1. The smallest absolute Gasteiger partial charge is 0.408 e. The molecule has 33 heavy (non-hydrogen) atoms. The maximum atomic E-state index is 12.4. The molecule has 0 aliphatic carbocycles. The predicted octanol–water partition coefficient (Wildman–Crippen LogP) is 3.07. The van der Waals surface area contributed by atoms with E-state index in [1.807, 2.05) is 58.0 Å². The number of amides is 1. The molecule has 2 atom stereocenters. The van der Waals surface area contributed by atoms with Crippen LogP contribution >= 0.6 is 24.0 Å². The molecule has 4 N–H and O–H groups in total. The van der Waals surface area contributed by atoms with Crippen LogP contribution in [0.4, 0.5) is 4.79 Å². The number of benzene rings is 1. The van der Waals surface area contributed by atoms with Gasteiger partial charge in [0.05, 0.1) is 18.8 Å². The number of rotatable bonds is 8. The van der Waals surface area contributed by atoms with E-state index in [0.29, 0.717) is 24.6 Å². The molecule has 2 unspecified atom stereocenters. The molecule has 2 rings (SSSR count). The van der Waals surface area contributed by atoms with Crippen molar-refractivity contribution in [2.24, 2.45) is 12.0 Å². The van der Waals surface area contributed by atoms with Crippen LogP contribution in [-0.4, -0.2) is 52.2 Å². The molecule has 1 aromatic carbocycles. The van der Waals surface area contributed by atoms with Crippen molar-refractivity contribution in [1.29, 1.82) is 0 Å². The molecule has 1 aromatic heterocycles. The number of alkyl carbamates (subject to hydrolysis) is 1. The number of hydrogen-bond acceptors (Lipinski definition) is 5. The van der Waals surface area contributed by atoms with Crippen molar-refractivity contribution in [1.82, 2.24) is 25.7 Å². The van der Waals surface area contributed by atoms with Gasteiger partial charge in [0, 0.05) is 31.9 Å². The Labute approximate surface area is 213 Å². The number of aryl methyl sites for hydroxylation is 1. The summed E-state index contributed by atoms with van der Waals surface area (Å²) < 4.78 is 7.07. The van der Waals surface area contributed by atoms with Gasteiger partial charge in [-0.15, -0.1) is 24.0 Å². The first kappa shape index (κ1) is 28.7. The summed E-state index contributed by atoms with van der Waals surface area (Å²) in [6, 6.07) is 9.32. The highest BCUT2D eigenvalue weighted by Crippen LogP contribution is 2.20. The summed E-state index contributed by atoms with van der Waals surface area (Å²) in [6.07, 6.45) is 2.91. The minimum atomic E-state index is -1.16. The fraction of sp³-hybridized carbons (Fsp3) is 0.522. The molecule has 0 fully saturated rings. The minimum absolute atomic E-state index is 0. The summed E-state index contributed by atoms with van der Waals surface area (Å²) in [5.41, 5.74) is -0.130. The lowest BCUT2D eigenvalue weighted by Crippen LogP contribution is -2.44. The monoisotopic (exact) mass is 572 g/mol. The quantitative estimate of drug-likeness (QED) is 0.220. The third-order valence-electron chi connectivity index (χ3n) is 4.58. The number of hydrogen-bond donors (Lipinski definition) is 4. The number of guanidine groups is 1. The Bertz CT molecular complexity index is 893. The highest BCUT2D eigenvalue weighted by Gasteiger charge is 2.25. The molecule has 0 aliphatic heterocycles. The zero-order chi connectivity index (χ0) is 23.8. The van der Waals surface area contributed by atoms with Gasteiger partial charge in [0.25, 0.3) is 0 Å². The standard InChI is InChI=1S/C23H36N6O3.HI/c1-7-24-20(26-16-23(5,31)18-13-27-29(6)15-18)25-14-19(17-11-9-8-10-12-17)28-21(30)32-22(2,3)4;/h8-13,15,19,31H,7,14,16H2,1-6H3,(H,28,30)(H2,24,25,26);1H. The Morgan fingerprint density at radius 1 is 1.21 bits per heavy atom. The summed E-state index contributed by atoms with van der Waals surface area (Å²) in [5, 5.41) is 24.3. The molecule has 184 valence electrons. The van der Waals surface area contributed by atoms with E-state index in [2.05, 4.69) is 26.0 Å². The summed E-state index contributed by atoms with van der Waals surface area (Å²) in [7, 11) is 1.80. The van der Waals surface area contributed by atoms with E-state index >= 15 is 0 Å². The summed E-state index contributed by atoms with van der Waals surface area (Å²) >= 11 is 0. The van der Waals surface area contributed by atoms with Crippen molar-refractivity contribution in [2.45, 2.75) is 51.9 Å². The van der Waals surface area contributed by atoms with Gasteiger partial charge < -0.3 is 25.8 Å². The van der Waals surface area contributed by atoms with E-state index < -0.39 is 17.3 Å². The second-order valence-electron chi connectivity index (χ2n) is 8.86. The third-order valence-corrected chi connectivity index (χ3v) is 4.58. The maximum Gasteiger partial charge on any atom is 0.408 e. The number of nitrogens with one attached hydrogen (secondary N) is 3. The first-order chi connectivity index (χ1) is 15.0. The van der Waals surface area contributed by atoms with E-state index in [1.54, 1.807) is 31.0 Å². The molecule has 1 heterocycles. The number of carbonyl (C=O) groups is 1.